The lowest BCUT2D eigenvalue weighted by atomic mass is 10.1. The number of pyridine rings is 1. The Bertz CT molecular complexity index is 794. The summed E-state index contributed by atoms with van der Waals surface area (Å²) in [5.74, 6) is 0.651. The Balaban J connectivity index is 1.58. The molecule has 0 aliphatic heterocycles. The van der Waals surface area contributed by atoms with Crippen LogP contribution in [0, 0.1) is 6.92 Å². The molecule has 24 heavy (non-hydrogen) atoms. The molecule has 0 fully saturated rings. The largest absolute Gasteiger partial charge is 0.311 e. The molecule has 1 aromatic carbocycles. The number of aromatic nitrogens is 3. The van der Waals surface area contributed by atoms with Crippen molar-refractivity contribution in [3.8, 4) is 0 Å². The molecule has 2 aromatic heterocycles. The van der Waals surface area contributed by atoms with Crippen molar-refractivity contribution in [2.45, 2.75) is 26.3 Å². The third-order valence-corrected chi connectivity index (χ3v) is 3.78. The Kier molecular flexibility index (Phi) is 5.01. The first-order chi connectivity index (χ1) is 11.7. The third kappa shape index (κ3) is 4.29. The molecular weight excluding hydrogens is 300 g/mol. The summed E-state index contributed by atoms with van der Waals surface area (Å²) in [6, 6.07) is 15.9. The van der Waals surface area contributed by atoms with Gasteiger partial charge in [0.25, 0.3) is 0 Å². The normalized spacial score (nSPS) is 10.5. The number of benzene rings is 1. The molecule has 0 atom stereocenters. The average Bonchev–Trinajstić information content (AvgIpc) is 3.03. The molecule has 3 aromatic rings. The van der Waals surface area contributed by atoms with Crippen molar-refractivity contribution < 1.29 is 4.79 Å². The van der Waals surface area contributed by atoms with Crippen molar-refractivity contribution in [1.29, 1.82) is 0 Å². The summed E-state index contributed by atoms with van der Waals surface area (Å²) in [5.41, 5.74) is 3.09. The standard InChI is InChI=1S/C19H20N4O/c1-15-7-8-17(14-20-15)13-19(24)22-18-9-11-21-23(18)12-10-16-5-3-2-4-6-16/h2-9,11,14H,10,12-13H2,1H3,(H,22,24). The van der Waals surface area contributed by atoms with Crippen LogP contribution < -0.4 is 5.32 Å². The molecule has 1 N–H and O–H groups in total. The Morgan fingerprint density at radius 1 is 1.08 bits per heavy atom. The van der Waals surface area contributed by atoms with Crippen molar-refractivity contribution in [3.63, 3.8) is 0 Å². The minimum absolute atomic E-state index is 0.0675. The maximum Gasteiger partial charge on any atom is 0.229 e. The molecule has 5 heteroatoms. The van der Waals surface area contributed by atoms with Crippen LogP contribution in [0.5, 0.6) is 0 Å². The minimum Gasteiger partial charge on any atom is -0.311 e. The van der Waals surface area contributed by atoms with Crippen LogP contribution in [-0.4, -0.2) is 20.7 Å². The van der Waals surface area contributed by atoms with Crippen LogP contribution in [0.15, 0.2) is 60.9 Å². The number of amides is 1. The van der Waals surface area contributed by atoms with Crippen LogP contribution in [-0.2, 0) is 24.2 Å². The van der Waals surface area contributed by atoms with Crippen LogP contribution in [0.4, 0.5) is 5.82 Å². The predicted octanol–water partition coefficient (Wildman–Crippen LogP) is 3.01. The van der Waals surface area contributed by atoms with E-state index in [-0.39, 0.29) is 5.91 Å². The summed E-state index contributed by atoms with van der Waals surface area (Å²) >= 11 is 0. The average molecular weight is 320 g/mol. The first-order valence-corrected chi connectivity index (χ1v) is 7.98. The van der Waals surface area contributed by atoms with Gasteiger partial charge in [-0.15, -0.1) is 0 Å². The number of nitrogens with one attached hydrogen (secondary N) is 1. The topological polar surface area (TPSA) is 59.8 Å². The highest BCUT2D eigenvalue weighted by Crippen LogP contribution is 2.10. The fourth-order valence-corrected chi connectivity index (χ4v) is 2.47. The molecule has 0 radical (unpaired) electrons. The van der Waals surface area contributed by atoms with Gasteiger partial charge in [-0.1, -0.05) is 36.4 Å². The zero-order valence-corrected chi connectivity index (χ0v) is 13.6. The van der Waals surface area contributed by atoms with Crippen LogP contribution in [0.2, 0.25) is 0 Å². The smallest absolute Gasteiger partial charge is 0.229 e. The van der Waals surface area contributed by atoms with Gasteiger partial charge >= 0.3 is 0 Å². The maximum absolute atomic E-state index is 12.2. The van der Waals surface area contributed by atoms with Crippen molar-refractivity contribution in [1.82, 2.24) is 14.8 Å². The Hall–Kier alpha value is -2.95. The highest BCUT2D eigenvalue weighted by Gasteiger charge is 2.08. The molecule has 3 rings (SSSR count). The van der Waals surface area contributed by atoms with E-state index in [0.29, 0.717) is 6.42 Å². The van der Waals surface area contributed by atoms with Crippen LogP contribution in [0.1, 0.15) is 16.8 Å². The van der Waals surface area contributed by atoms with Gasteiger partial charge in [0, 0.05) is 24.5 Å². The van der Waals surface area contributed by atoms with Gasteiger partial charge in [0.2, 0.25) is 5.91 Å². The van der Waals surface area contributed by atoms with Crippen molar-refractivity contribution in [2.24, 2.45) is 0 Å². The zero-order chi connectivity index (χ0) is 16.8. The SMILES string of the molecule is Cc1ccc(CC(=O)Nc2ccnn2CCc2ccccc2)cn1. The molecule has 0 unspecified atom stereocenters. The van der Waals surface area contributed by atoms with Gasteiger partial charge < -0.3 is 5.32 Å². The van der Waals surface area contributed by atoms with E-state index in [4.69, 9.17) is 0 Å². The predicted molar refractivity (Wildman–Crippen MR) is 93.7 cm³/mol. The summed E-state index contributed by atoms with van der Waals surface area (Å²) < 4.78 is 1.82. The van der Waals surface area contributed by atoms with Crippen molar-refractivity contribution in [3.05, 3.63) is 77.7 Å². The molecule has 0 saturated heterocycles. The molecule has 2 heterocycles. The number of carbonyl (C=O) groups is 1. The summed E-state index contributed by atoms with van der Waals surface area (Å²) in [4.78, 5) is 16.4. The maximum atomic E-state index is 12.2. The van der Waals surface area contributed by atoms with E-state index in [1.807, 2.05) is 48.0 Å². The number of carbonyl (C=O) groups excluding carboxylic acids is 1. The van der Waals surface area contributed by atoms with Crippen molar-refractivity contribution in [2.75, 3.05) is 5.32 Å². The number of hydrogen-bond acceptors (Lipinski definition) is 3. The second-order valence-corrected chi connectivity index (χ2v) is 5.71. The number of hydrogen-bond donors (Lipinski definition) is 1. The quantitative estimate of drug-likeness (QED) is 0.759. The van der Waals surface area contributed by atoms with Gasteiger partial charge in [-0.3, -0.25) is 9.78 Å². The van der Waals surface area contributed by atoms with E-state index in [1.165, 1.54) is 5.56 Å². The lowest BCUT2D eigenvalue weighted by Gasteiger charge is -2.09. The van der Waals surface area contributed by atoms with Crippen LogP contribution in [0.25, 0.3) is 0 Å². The highest BCUT2D eigenvalue weighted by atomic mass is 16.1. The highest BCUT2D eigenvalue weighted by molar-refractivity contribution is 5.91. The molecule has 1 amide bonds. The van der Waals surface area contributed by atoms with E-state index in [0.717, 1.165) is 30.0 Å². The molecule has 0 saturated carbocycles. The summed E-state index contributed by atoms with van der Waals surface area (Å²) in [6.07, 6.45) is 4.61. The van der Waals surface area contributed by atoms with E-state index < -0.39 is 0 Å². The minimum atomic E-state index is -0.0675. The van der Waals surface area contributed by atoms with Gasteiger partial charge in [0.15, 0.2) is 0 Å². The van der Waals surface area contributed by atoms with Crippen molar-refractivity contribution >= 4 is 11.7 Å². The fourth-order valence-electron chi connectivity index (χ4n) is 2.47. The molecule has 122 valence electrons. The Labute approximate surface area is 141 Å². The van der Waals surface area contributed by atoms with E-state index in [2.05, 4.69) is 27.5 Å². The molecular formula is C19H20N4O. The van der Waals surface area contributed by atoms with Gasteiger partial charge in [-0.05, 0) is 30.5 Å². The van der Waals surface area contributed by atoms with Gasteiger partial charge in [0.05, 0.1) is 12.6 Å². The summed E-state index contributed by atoms with van der Waals surface area (Å²) in [7, 11) is 0. The summed E-state index contributed by atoms with van der Waals surface area (Å²) in [6.45, 7) is 2.65. The van der Waals surface area contributed by atoms with Gasteiger partial charge in [0.1, 0.15) is 5.82 Å². The van der Waals surface area contributed by atoms with Crippen LogP contribution >= 0.6 is 0 Å². The lowest BCUT2D eigenvalue weighted by molar-refractivity contribution is -0.115. The molecule has 5 nitrogen and oxygen atoms in total. The molecule has 0 aliphatic carbocycles. The zero-order valence-electron chi connectivity index (χ0n) is 13.6. The van der Waals surface area contributed by atoms with E-state index in [1.54, 1.807) is 12.4 Å². The number of aryl methyl sites for hydroxylation is 3. The first-order valence-electron chi connectivity index (χ1n) is 7.98. The second kappa shape index (κ2) is 7.55. The summed E-state index contributed by atoms with van der Waals surface area (Å²) in [5, 5.41) is 7.22. The number of nitrogens with zero attached hydrogens (tertiary/aromatic N) is 3. The number of anilines is 1. The van der Waals surface area contributed by atoms with Gasteiger partial charge in [-0.25, -0.2) is 4.68 Å². The Morgan fingerprint density at radius 3 is 2.67 bits per heavy atom. The fraction of sp³-hybridized carbons (Fsp3) is 0.211. The monoisotopic (exact) mass is 320 g/mol. The molecule has 0 aliphatic rings. The Morgan fingerprint density at radius 2 is 1.92 bits per heavy atom. The lowest BCUT2D eigenvalue weighted by Crippen LogP contribution is -2.18. The second-order valence-electron chi connectivity index (χ2n) is 5.71. The number of rotatable bonds is 6. The van der Waals surface area contributed by atoms with Gasteiger partial charge in [-0.2, -0.15) is 5.10 Å². The molecule has 0 bridgehead atoms. The molecule has 0 spiro atoms. The van der Waals surface area contributed by atoms with E-state index in [9.17, 15) is 4.79 Å². The third-order valence-electron chi connectivity index (χ3n) is 3.78. The first kappa shape index (κ1) is 15.9. The van der Waals surface area contributed by atoms with E-state index >= 15 is 0 Å². The van der Waals surface area contributed by atoms with Crippen LogP contribution in [0.3, 0.4) is 0 Å².